The van der Waals surface area contributed by atoms with Crippen LogP contribution < -0.4 is 19.7 Å². The van der Waals surface area contributed by atoms with Gasteiger partial charge in [0.2, 0.25) is 11.8 Å². The number of hydrogen-bond donors (Lipinski definition) is 1. The van der Waals surface area contributed by atoms with Crippen molar-refractivity contribution in [1.29, 1.82) is 0 Å². The summed E-state index contributed by atoms with van der Waals surface area (Å²) in [5.41, 5.74) is 1.86. The molecule has 0 unspecified atom stereocenters. The van der Waals surface area contributed by atoms with Crippen molar-refractivity contribution in [2.45, 2.75) is 13.3 Å². The number of anilines is 2. The van der Waals surface area contributed by atoms with E-state index in [-0.39, 0.29) is 30.6 Å². The zero-order chi connectivity index (χ0) is 19.0. The minimum absolute atomic E-state index is 0.123. The third-order valence-corrected chi connectivity index (χ3v) is 4.78. The van der Waals surface area contributed by atoms with Crippen LogP contribution in [-0.4, -0.2) is 31.6 Å². The Balaban J connectivity index is 1.48. The predicted molar refractivity (Wildman–Crippen MR) is 97.7 cm³/mol. The van der Waals surface area contributed by atoms with E-state index in [1.807, 2.05) is 0 Å². The first-order chi connectivity index (χ1) is 13.0. The van der Waals surface area contributed by atoms with E-state index < -0.39 is 5.92 Å². The van der Waals surface area contributed by atoms with Crippen molar-refractivity contribution in [3.63, 3.8) is 0 Å². The number of rotatable bonds is 3. The van der Waals surface area contributed by atoms with Crippen LogP contribution in [0.2, 0.25) is 0 Å². The van der Waals surface area contributed by atoms with Crippen molar-refractivity contribution in [3.8, 4) is 11.5 Å². The van der Waals surface area contributed by atoms with E-state index in [9.17, 15) is 14.0 Å². The number of benzene rings is 2. The lowest BCUT2D eigenvalue weighted by molar-refractivity contribution is -0.122. The van der Waals surface area contributed by atoms with Gasteiger partial charge in [-0.05, 0) is 42.8 Å². The fraction of sp³-hybridized carbons (Fsp3) is 0.300. The second-order valence-corrected chi connectivity index (χ2v) is 6.68. The Hall–Kier alpha value is -3.09. The molecule has 6 nitrogen and oxygen atoms in total. The molecule has 7 heteroatoms. The van der Waals surface area contributed by atoms with Crippen molar-refractivity contribution in [3.05, 3.63) is 47.8 Å². The molecule has 1 N–H and O–H groups in total. The molecule has 4 rings (SSSR count). The Morgan fingerprint density at radius 3 is 2.70 bits per heavy atom. The molecule has 2 aromatic carbocycles. The summed E-state index contributed by atoms with van der Waals surface area (Å²) in [6.07, 6.45) is 0.126. The van der Waals surface area contributed by atoms with Gasteiger partial charge in [-0.2, -0.15) is 0 Å². The molecule has 27 heavy (non-hydrogen) atoms. The summed E-state index contributed by atoms with van der Waals surface area (Å²) in [4.78, 5) is 26.6. The molecule has 2 aliphatic heterocycles. The van der Waals surface area contributed by atoms with Crippen molar-refractivity contribution in [2.75, 3.05) is 30.0 Å². The molecule has 0 saturated carbocycles. The van der Waals surface area contributed by atoms with E-state index in [1.54, 1.807) is 30.0 Å². The maximum Gasteiger partial charge on any atom is 0.229 e. The maximum absolute atomic E-state index is 13.2. The SMILES string of the molecule is Cc1cc(F)ccc1NC(=O)[C@H]1CC(=O)N(c2ccc3c(c2)OCCO3)C1. The molecule has 0 aromatic heterocycles. The van der Waals surface area contributed by atoms with Crippen LogP contribution >= 0.6 is 0 Å². The normalized spacial score (nSPS) is 18.5. The Labute approximate surface area is 155 Å². The quantitative estimate of drug-likeness (QED) is 0.902. The predicted octanol–water partition coefficient (Wildman–Crippen LogP) is 2.90. The lowest BCUT2D eigenvalue weighted by Gasteiger charge is -2.22. The zero-order valence-electron chi connectivity index (χ0n) is 14.8. The topological polar surface area (TPSA) is 67.9 Å². The molecule has 140 valence electrons. The molecule has 2 heterocycles. The number of amides is 2. The van der Waals surface area contributed by atoms with Gasteiger partial charge in [0.05, 0.1) is 5.92 Å². The monoisotopic (exact) mass is 370 g/mol. The van der Waals surface area contributed by atoms with Gasteiger partial charge >= 0.3 is 0 Å². The number of nitrogens with zero attached hydrogens (tertiary/aromatic N) is 1. The van der Waals surface area contributed by atoms with Crippen LogP contribution in [0.25, 0.3) is 0 Å². The fourth-order valence-electron chi connectivity index (χ4n) is 3.33. The number of fused-ring (bicyclic) bond motifs is 1. The minimum Gasteiger partial charge on any atom is -0.486 e. The molecule has 0 spiro atoms. The van der Waals surface area contributed by atoms with Crippen LogP contribution in [0, 0.1) is 18.7 Å². The number of hydrogen-bond acceptors (Lipinski definition) is 4. The van der Waals surface area contributed by atoms with Crippen LogP contribution in [0.1, 0.15) is 12.0 Å². The molecule has 1 saturated heterocycles. The molecule has 2 aliphatic rings. The molecule has 0 aliphatic carbocycles. The summed E-state index contributed by atoms with van der Waals surface area (Å²) in [5.74, 6) is 0.0429. The van der Waals surface area contributed by atoms with Gasteiger partial charge in [-0.15, -0.1) is 0 Å². The van der Waals surface area contributed by atoms with Gasteiger partial charge in [-0.25, -0.2) is 4.39 Å². The largest absolute Gasteiger partial charge is 0.486 e. The first kappa shape index (κ1) is 17.3. The number of halogens is 1. The highest BCUT2D eigenvalue weighted by Gasteiger charge is 2.35. The first-order valence-electron chi connectivity index (χ1n) is 8.78. The Morgan fingerprint density at radius 2 is 1.93 bits per heavy atom. The summed E-state index contributed by atoms with van der Waals surface area (Å²) in [6.45, 7) is 2.97. The maximum atomic E-state index is 13.2. The van der Waals surface area contributed by atoms with E-state index in [0.717, 1.165) is 0 Å². The Kier molecular flexibility index (Phi) is 4.43. The summed E-state index contributed by atoms with van der Waals surface area (Å²) in [5, 5.41) is 2.79. The second kappa shape index (κ2) is 6.90. The Morgan fingerprint density at radius 1 is 1.15 bits per heavy atom. The third kappa shape index (κ3) is 3.45. The fourth-order valence-corrected chi connectivity index (χ4v) is 3.33. The van der Waals surface area contributed by atoms with Crippen LogP contribution in [0.5, 0.6) is 11.5 Å². The minimum atomic E-state index is -0.477. The summed E-state index contributed by atoms with van der Waals surface area (Å²) in [6, 6.07) is 9.50. The number of nitrogens with one attached hydrogen (secondary N) is 1. The van der Waals surface area contributed by atoms with Crippen LogP contribution in [0.4, 0.5) is 15.8 Å². The molecular formula is C20H19FN2O4. The first-order valence-corrected chi connectivity index (χ1v) is 8.78. The van der Waals surface area contributed by atoms with Crippen LogP contribution in [-0.2, 0) is 9.59 Å². The second-order valence-electron chi connectivity index (χ2n) is 6.68. The van der Waals surface area contributed by atoms with E-state index in [1.165, 1.54) is 18.2 Å². The summed E-state index contributed by atoms with van der Waals surface area (Å²) >= 11 is 0. The Bertz CT molecular complexity index is 915. The highest BCUT2D eigenvalue weighted by Crippen LogP contribution is 2.36. The average molecular weight is 370 g/mol. The molecule has 0 radical (unpaired) electrons. The van der Waals surface area contributed by atoms with Gasteiger partial charge in [-0.3, -0.25) is 9.59 Å². The highest BCUT2D eigenvalue weighted by atomic mass is 19.1. The van der Waals surface area contributed by atoms with E-state index in [2.05, 4.69) is 5.32 Å². The van der Waals surface area contributed by atoms with E-state index >= 15 is 0 Å². The molecule has 2 aromatic rings. The van der Waals surface area contributed by atoms with Crippen molar-refractivity contribution >= 4 is 23.2 Å². The molecular weight excluding hydrogens is 351 g/mol. The molecule has 0 bridgehead atoms. The average Bonchev–Trinajstić information content (AvgIpc) is 3.05. The number of ether oxygens (including phenoxy) is 2. The van der Waals surface area contributed by atoms with Gasteiger partial charge < -0.3 is 19.7 Å². The van der Waals surface area contributed by atoms with Crippen molar-refractivity contribution < 1.29 is 23.5 Å². The van der Waals surface area contributed by atoms with Crippen molar-refractivity contribution in [2.24, 2.45) is 5.92 Å². The molecule has 1 fully saturated rings. The zero-order valence-corrected chi connectivity index (χ0v) is 14.8. The van der Waals surface area contributed by atoms with Gasteiger partial charge in [0.25, 0.3) is 0 Å². The van der Waals surface area contributed by atoms with E-state index in [0.29, 0.717) is 41.7 Å². The van der Waals surface area contributed by atoms with Gasteiger partial charge in [0.15, 0.2) is 11.5 Å². The number of carbonyl (C=O) groups excluding carboxylic acids is 2. The molecule has 2 amide bonds. The number of carbonyl (C=O) groups is 2. The smallest absolute Gasteiger partial charge is 0.229 e. The summed E-state index contributed by atoms with van der Waals surface area (Å²) in [7, 11) is 0. The molecule has 1 atom stereocenters. The lowest BCUT2D eigenvalue weighted by atomic mass is 10.1. The van der Waals surface area contributed by atoms with Crippen LogP contribution in [0.3, 0.4) is 0 Å². The van der Waals surface area contributed by atoms with Crippen molar-refractivity contribution in [1.82, 2.24) is 0 Å². The number of aryl methyl sites for hydroxylation is 1. The van der Waals surface area contributed by atoms with Gasteiger partial charge in [-0.1, -0.05) is 0 Å². The standard InChI is InChI=1S/C20H19FN2O4/c1-12-8-14(21)2-4-16(12)22-20(25)13-9-19(24)23(11-13)15-3-5-17-18(10-15)27-7-6-26-17/h2-5,8,10,13H,6-7,9,11H2,1H3,(H,22,25)/t13-/m0/s1. The highest BCUT2D eigenvalue weighted by molar-refractivity contribution is 6.03. The summed E-state index contributed by atoms with van der Waals surface area (Å²) < 4.78 is 24.3. The van der Waals surface area contributed by atoms with Crippen LogP contribution in [0.15, 0.2) is 36.4 Å². The van der Waals surface area contributed by atoms with Gasteiger partial charge in [0.1, 0.15) is 19.0 Å². The van der Waals surface area contributed by atoms with Gasteiger partial charge in [0, 0.05) is 30.4 Å². The van der Waals surface area contributed by atoms with E-state index in [4.69, 9.17) is 9.47 Å². The third-order valence-electron chi connectivity index (χ3n) is 4.78. The lowest BCUT2D eigenvalue weighted by Crippen LogP contribution is -2.28.